The number of nitrogens with zero attached hydrogens (tertiary/aromatic N) is 3. The summed E-state index contributed by atoms with van der Waals surface area (Å²) < 4.78 is 5.54. The Kier molecular flexibility index (Phi) is 5.22. The summed E-state index contributed by atoms with van der Waals surface area (Å²) in [5, 5.41) is 4.15. The lowest BCUT2D eigenvalue weighted by molar-refractivity contribution is -0.117. The lowest BCUT2D eigenvalue weighted by Crippen LogP contribution is -2.24. The fraction of sp³-hybridized carbons (Fsp3) is 0.375. The van der Waals surface area contributed by atoms with Gasteiger partial charge in [0, 0.05) is 24.2 Å². The molecule has 2 aromatic carbocycles. The molecule has 0 N–H and O–H groups in total. The van der Waals surface area contributed by atoms with Crippen LogP contribution in [0.4, 0.5) is 5.69 Å². The lowest BCUT2D eigenvalue weighted by Gasteiger charge is -2.18. The molecule has 1 atom stereocenters. The average Bonchev–Trinajstić information content (AvgIpc) is 3.35. The molecule has 1 unspecified atom stereocenters. The van der Waals surface area contributed by atoms with Crippen LogP contribution in [-0.2, 0) is 4.79 Å². The minimum absolute atomic E-state index is 0.0820. The number of hydrogen-bond acceptors (Lipinski definition) is 4. The van der Waals surface area contributed by atoms with Gasteiger partial charge in [0.05, 0.1) is 5.92 Å². The molecule has 0 saturated carbocycles. The van der Waals surface area contributed by atoms with E-state index in [0.717, 1.165) is 11.3 Å². The van der Waals surface area contributed by atoms with Crippen molar-refractivity contribution in [2.24, 2.45) is 0 Å². The van der Waals surface area contributed by atoms with Gasteiger partial charge in [0.15, 0.2) is 0 Å². The standard InChI is InChI=1S/C24H27N3O2/c1-15(2)17-8-10-18(11-9-17)23-25-24(29-26-23)20-13-22(28)27(14-20)21-7-5-6-19(12-21)16(3)4/h5-12,15-16,20H,13-14H2,1-4H3. The molecule has 5 nitrogen and oxygen atoms in total. The summed E-state index contributed by atoms with van der Waals surface area (Å²) in [5.41, 5.74) is 4.37. The van der Waals surface area contributed by atoms with Gasteiger partial charge in [0.25, 0.3) is 0 Å². The van der Waals surface area contributed by atoms with E-state index in [0.29, 0.717) is 36.5 Å². The molecule has 29 heavy (non-hydrogen) atoms. The molecule has 0 bridgehead atoms. The summed E-state index contributed by atoms with van der Waals surface area (Å²) in [7, 11) is 0. The van der Waals surface area contributed by atoms with E-state index in [1.54, 1.807) is 0 Å². The first-order valence-electron chi connectivity index (χ1n) is 10.3. The molecule has 150 valence electrons. The van der Waals surface area contributed by atoms with Crippen LogP contribution in [0.2, 0.25) is 0 Å². The molecular weight excluding hydrogens is 362 g/mol. The van der Waals surface area contributed by atoms with E-state index in [9.17, 15) is 4.79 Å². The van der Waals surface area contributed by atoms with E-state index in [2.05, 4.69) is 62.1 Å². The van der Waals surface area contributed by atoms with Crippen LogP contribution in [-0.4, -0.2) is 22.6 Å². The number of anilines is 1. The van der Waals surface area contributed by atoms with Gasteiger partial charge in [-0.25, -0.2) is 0 Å². The second-order valence-corrected chi connectivity index (χ2v) is 8.39. The van der Waals surface area contributed by atoms with E-state index >= 15 is 0 Å². The summed E-state index contributed by atoms with van der Waals surface area (Å²) in [6, 6.07) is 16.4. The van der Waals surface area contributed by atoms with Gasteiger partial charge < -0.3 is 9.42 Å². The predicted octanol–water partition coefficient (Wildman–Crippen LogP) is 5.50. The Bertz CT molecular complexity index is 1000. The Morgan fingerprint density at radius 1 is 1.00 bits per heavy atom. The zero-order valence-corrected chi connectivity index (χ0v) is 17.4. The lowest BCUT2D eigenvalue weighted by atomic mass is 10.0. The van der Waals surface area contributed by atoms with E-state index in [-0.39, 0.29) is 11.8 Å². The van der Waals surface area contributed by atoms with Crippen LogP contribution in [0.3, 0.4) is 0 Å². The van der Waals surface area contributed by atoms with E-state index < -0.39 is 0 Å². The normalized spacial score (nSPS) is 17.0. The van der Waals surface area contributed by atoms with Gasteiger partial charge in [-0.1, -0.05) is 69.2 Å². The highest BCUT2D eigenvalue weighted by atomic mass is 16.5. The summed E-state index contributed by atoms with van der Waals surface area (Å²) in [5.74, 6) is 2.02. The van der Waals surface area contributed by atoms with Crippen LogP contribution in [0.25, 0.3) is 11.4 Å². The minimum atomic E-state index is -0.0820. The van der Waals surface area contributed by atoms with Crippen LogP contribution < -0.4 is 4.90 Å². The largest absolute Gasteiger partial charge is 0.339 e. The van der Waals surface area contributed by atoms with E-state index in [1.165, 1.54) is 11.1 Å². The van der Waals surface area contributed by atoms with Crippen LogP contribution in [0.5, 0.6) is 0 Å². The molecule has 4 rings (SSSR count). The third kappa shape index (κ3) is 3.95. The molecule has 1 amide bonds. The van der Waals surface area contributed by atoms with Crippen molar-refractivity contribution in [3.63, 3.8) is 0 Å². The Hall–Kier alpha value is -2.95. The van der Waals surface area contributed by atoms with Gasteiger partial charge in [-0.3, -0.25) is 4.79 Å². The first-order valence-corrected chi connectivity index (χ1v) is 10.3. The third-order valence-electron chi connectivity index (χ3n) is 5.60. The van der Waals surface area contributed by atoms with Crippen LogP contribution in [0.15, 0.2) is 53.1 Å². The van der Waals surface area contributed by atoms with E-state index in [4.69, 9.17) is 4.52 Å². The number of aromatic nitrogens is 2. The van der Waals surface area contributed by atoms with Crippen molar-refractivity contribution in [1.29, 1.82) is 0 Å². The van der Waals surface area contributed by atoms with Gasteiger partial charge in [0.1, 0.15) is 0 Å². The highest BCUT2D eigenvalue weighted by Crippen LogP contribution is 2.33. The second kappa shape index (κ2) is 7.82. The van der Waals surface area contributed by atoms with Crippen molar-refractivity contribution in [2.45, 2.75) is 51.9 Å². The van der Waals surface area contributed by atoms with Gasteiger partial charge in [0.2, 0.25) is 17.6 Å². The fourth-order valence-corrected chi connectivity index (χ4v) is 3.71. The zero-order chi connectivity index (χ0) is 20.5. The maximum Gasteiger partial charge on any atom is 0.232 e. The molecule has 1 aliphatic rings. The predicted molar refractivity (Wildman–Crippen MR) is 114 cm³/mol. The summed E-state index contributed by atoms with van der Waals surface area (Å²) in [6.45, 7) is 9.21. The highest BCUT2D eigenvalue weighted by molar-refractivity contribution is 5.96. The number of carbonyl (C=O) groups excluding carboxylic acids is 1. The summed E-state index contributed by atoms with van der Waals surface area (Å²) in [6.07, 6.45) is 0.389. The molecule has 1 fully saturated rings. The maximum atomic E-state index is 12.7. The number of amides is 1. The molecule has 1 aromatic heterocycles. The molecule has 0 spiro atoms. The Morgan fingerprint density at radius 3 is 2.41 bits per heavy atom. The molecule has 1 saturated heterocycles. The Morgan fingerprint density at radius 2 is 1.72 bits per heavy atom. The minimum Gasteiger partial charge on any atom is -0.339 e. The molecule has 1 aliphatic heterocycles. The first kappa shape index (κ1) is 19.4. The smallest absolute Gasteiger partial charge is 0.232 e. The van der Waals surface area contributed by atoms with Crippen LogP contribution >= 0.6 is 0 Å². The topological polar surface area (TPSA) is 59.2 Å². The van der Waals surface area contributed by atoms with Crippen molar-refractivity contribution in [3.8, 4) is 11.4 Å². The van der Waals surface area contributed by atoms with Crippen molar-refractivity contribution < 1.29 is 9.32 Å². The number of rotatable bonds is 5. The van der Waals surface area contributed by atoms with Gasteiger partial charge >= 0.3 is 0 Å². The Balaban J connectivity index is 1.52. The molecule has 2 heterocycles. The van der Waals surface area contributed by atoms with Crippen molar-refractivity contribution in [2.75, 3.05) is 11.4 Å². The molecule has 3 aromatic rings. The number of hydrogen-bond donors (Lipinski definition) is 0. The Labute approximate surface area is 171 Å². The van der Waals surface area contributed by atoms with Crippen molar-refractivity contribution >= 4 is 11.6 Å². The van der Waals surface area contributed by atoms with Crippen LogP contribution in [0.1, 0.15) is 68.9 Å². The van der Waals surface area contributed by atoms with E-state index in [1.807, 2.05) is 29.2 Å². The quantitative estimate of drug-likeness (QED) is 0.578. The zero-order valence-electron chi connectivity index (χ0n) is 17.4. The monoisotopic (exact) mass is 389 g/mol. The number of benzene rings is 2. The maximum absolute atomic E-state index is 12.7. The van der Waals surface area contributed by atoms with Crippen LogP contribution in [0, 0.1) is 0 Å². The fourth-order valence-electron chi connectivity index (χ4n) is 3.71. The molecule has 0 aliphatic carbocycles. The molecule has 5 heteroatoms. The van der Waals surface area contributed by atoms with Crippen molar-refractivity contribution in [3.05, 3.63) is 65.5 Å². The average molecular weight is 389 g/mol. The molecule has 0 radical (unpaired) electrons. The third-order valence-corrected chi connectivity index (χ3v) is 5.60. The SMILES string of the molecule is CC(C)c1ccc(-c2noc(C3CC(=O)N(c4cccc(C(C)C)c4)C3)n2)cc1. The summed E-state index contributed by atoms with van der Waals surface area (Å²) in [4.78, 5) is 19.1. The summed E-state index contributed by atoms with van der Waals surface area (Å²) >= 11 is 0. The first-order chi connectivity index (χ1) is 13.9. The van der Waals surface area contributed by atoms with Crippen molar-refractivity contribution in [1.82, 2.24) is 10.1 Å². The number of carbonyl (C=O) groups is 1. The van der Waals surface area contributed by atoms with Gasteiger partial charge in [-0.05, 0) is 35.1 Å². The highest BCUT2D eigenvalue weighted by Gasteiger charge is 2.35. The van der Waals surface area contributed by atoms with Gasteiger partial charge in [-0.15, -0.1) is 0 Å². The second-order valence-electron chi connectivity index (χ2n) is 8.39. The van der Waals surface area contributed by atoms with Gasteiger partial charge in [-0.2, -0.15) is 4.98 Å². The molecular formula is C24H27N3O2.